The SMILES string of the molecule is O=C(C1CC12CCN(C/C=C/c1ccco1)CC2)N1CCN(c2ccccc2)CC1. The third-order valence-electron chi connectivity index (χ3n) is 7.24. The summed E-state index contributed by atoms with van der Waals surface area (Å²) < 4.78 is 5.35. The van der Waals surface area contributed by atoms with E-state index in [1.54, 1.807) is 6.26 Å². The molecule has 158 valence electrons. The van der Waals surface area contributed by atoms with Crippen LogP contribution >= 0.6 is 0 Å². The Morgan fingerprint density at radius 1 is 1.00 bits per heavy atom. The van der Waals surface area contributed by atoms with Crippen LogP contribution in [-0.2, 0) is 4.79 Å². The average Bonchev–Trinajstić information content (AvgIpc) is 3.23. The van der Waals surface area contributed by atoms with E-state index in [1.165, 1.54) is 5.69 Å². The molecule has 2 saturated heterocycles. The second-order valence-electron chi connectivity index (χ2n) is 8.99. The highest BCUT2D eigenvalue weighted by molar-refractivity contribution is 5.83. The van der Waals surface area contributed by atoms with Gasteiger partial charge in [-0.3, -0.25) is 9.69 Å². The van der Waals surface area contributed by atoms with Crippen molar-refractivity contribution < 1.29 is 9.21 Å². The molecule has 1 unspecified atom stereocenters. The standard InChI is InChI=1S/C25H31N3O2/c29-24(28-17-15-27(16-18-28)21-6-2-1-3-7-21)23-20-25(23)10-13-26(14-11-25)12-4-8-22-9-5-19-30-22/h1-9,19,23H,10-18,20H2/b8-4+. The summed E-state index contributed by atoms with van der Waals surface area (Å²) in [5.41, 5.74) is 1.55. The van der Waals surface area contributed by atoms with Gasteiger partial charge in [-0.15, -0.1) is 0 Å². The molecule has 3 aliphatic rings. The first-order valence-electron chi connectivity index (χ1n) is 11.2. The third-order valence-corrected chi connectivity index (χ3v) is 7.24. The van der Waals surface area contributed by atoms with E-state index in [0.29, 0.717) is 5.91 Å². The molecule has 3 heterocycles. The second kappa shape index (κ2) is 8.31. The van der Waals surface area contributed by atoms with Crippen LogP contribution in [0.25, 0.3) is 6.08 Å². The van der Waals surface area contributed by atoms with Gasteiger partial charge in [0.1, 0.15) is 5.76 Å². The first kappa shape index (κ1) is 19.4. The molecule has 1 atom stereocenters. The van der Waals surface area contributed by atoms with Crippen molar-refractivity contribution in [3.8, 4) is 0 Å². The zero-order valence-electron chi connectivity index (χ0n) is 17.6. The van der Waals surface area contributed by atoms with E-state index in [9.17, 15) is 4.79 Å². The number of amides is 1. The molecule has 0 N–H and O–H groups in total. The third kappa shape index (κ3) is 4.04. The number of benzene rings is 1. The molecule has 5 nitrogen and oxygen atoms in total. The number of carbonyl (C=O) groups excluding carboxylic acids is 1. The number of piperidine rings is 1. The summed E-state index contributed by atoms with van der Waals surface area (Å²) in [7, 11) is 0. The minimum absolute atomic E-state index is 0.265. The predicted molar refractivity (Wildman–Crippen MR) is 119 cm³/mol. The largest absolute Gasteiger partial charge is 0.465 e. The van der Waals surface area contributed by atoms with Gasteiger partial charge in [-0.25, -0.2) is 0 Å². The molecule has 3 fully saturated rings. The molecule has 5 rings (SSSR count). The van der Waals surface area contributed by atoms with Crippen molar-refractivity contribution in [1.82, 2.24) is 9.80 Å². The van der Waals surface area contributed by atoms with Crippen LogP contribution in [0.2, 0.25) is 0 Å². The van der Waals surface area contributed by atoms with Gasteiger partial charge in [0.25, 0.3) is 0 Å². The van der Waals surface area contributed by atoms with E-state index in [1.807, 2.05) is 18.2 Å². The van der Waals surface area contributed by atoms with Gasteiger partial charge < -0.3 is 14.2 Å². The van der Waals surface area contributed by atoms with Crippen LogP contribution in [0, 0.1) is 11.3 Å². The number of nitrogens with zero attached hydrogens (tertiary/aromatic N) is 3. The normalized spacial score (nSPS) is 23.9. The monoisotopic (exact) mass is 405 g/mol. The highest BCUT2D eigenvalue weighted by atomic mass is 16.3. The molecule has 5 heteroatoms. The quantitative estimate of drug-likeness (QED) is 0.760. The number of rotatable bonds is 5. The molecule has 1 aliphatic carbocycles. The lowest BCUT2D eigenvalue weighted by Gasteiger charge is -2.37. The molecule has 2 aliphatic heterocycles. The summed E-state index contributed by atoms with van der Waals surface area (Å²) in [5.74, 6) is 1.58. The Morgan fingerprint density at radius 3 is 2.47 bits per heavy atom. The Morgan fingerprint density at radius 2 is 1.77 bits per heavy atom. The van der Waals surface area contributed by atoms with Gasteiger partial charge >= 0.3 is 0 Å². The van der Waals surface area contributed by atoms with Gasteiger partial charge in [-0.2, -0.15) is 0 Å². The van der Waals surface area contributed by atoms with Crippen molar-refractivity contribution in [3.05, 3.63) is 60.6 Å². The summed E-state index contributed by atoms with van der Waals surface area (Å²) >= 11 is 0. The Kier molecular flexibility index (Phi) is 5.38. The predicted octanol–water partition coefficient (Wildman–Crippen LogP) is 3.74. The Labute approximate surface area is 178 Å². The van der Waals surface area contributed by atoms with Crippen LogP contribution < -0.4 is 4.90 Å². The maximum absolute atomic E-state index is 13.1. The highest BCUT2D eigenvalue weighted by Crippen LogP contribution is 2.60. The summed E-state index contributed by atoms with van der Waals surface area (Å²) in [6, 6.07) is 14.4. The Bertz CT molecular complexity index is 861. The van der Waals surface area contributed by atoms with E-state index in [4.69, 9.17) is 4.42 Å². The molecule has 1 saturated carbocycles. The fourth-order valence-electron chi connectivity index (χ4n) is 5.18. The van der Waals surface area contributed by atoms with E-state index in [2.05, 4.69) is 51.1 Å². The number of hydrogen-bond donors (Lipinski definition) is 0. The van der Waals surface area contributed by atoms with Crippen molar-refractivity contribution in [2.24, 2.45) is 11.3 Å². The maximum Gasteiger partial charge on any atom is 0.226 e. The molecule has 2 aromatic rings. The van der Waals surface area contributed by atoms with Gasteiger partial charge in [0, 0.05) is 44.3 Å². The van der Waals surface area contributed by atoms with E-state index in [0.717, 1.165) is 70.8 Å². The van der Waals surface area contributed by atoms with Crippen LogP contribution in [-0.4, -0.2) is 61.5 Å². The molecule has 0 bridgehead atoms. The van der Waals surface area contributed by atoms with Gasteiger partial charge in [-0.05, 0) is 68.1 Å². The first-order chi connectivity index (χ1) is 14.7. The lowest BCUT2D eigenvalue weighted by Crippen LogP contribution is -2.50. The van der Waals surface area contributed by atoms with Crippen LogP contribution in [0.1, 0.15) is 25.0 Å². The van der Waals surface area contributed by atoms with Crippen LogP contribution in [0.3, 0.4) is 0 Å². The zero-order valence-corrected chi connectivity index (χ0v) is 17.6. The van der Waals surface area contributed by atoms with Gasteiger partial charge in [-0.1, -0.05) is 24.3 Å². The lowest BCUT2D eigenvalue weighted by molar-refractivity contribution is -0.134. The molecular formula is C25H31N3O2. The first-order valence-corrected chi connectivity index (χ1v) is 11.2. The van der Waals surface area contributed by atoms with Crippen molar-refractivity contribution in [3.63, 3.8) is 0 Å². The van der Waals surface area contributed by atoms with Crippen molar-refractivity contribution in [1.29, 1.82) is 0 Å². The van der Waals surface area contributed by atoms with Gasteiger partial charge in [0.05, 0.1) is 6.26 Å². The Hall–Kier alpha value is -2.53. The van der Waals surface area contributed by atoms with Crippen molar-refractivity contribution >= 4 is 17.7 Å². The number of piperazine rings is 1. The molecule has 1 amide bonds. The number of hydrogen-bond acceptors (Lipinski definition) is 4. The Balaban J connectivity index is 1.08. The number of carbonyl (C=O) groups is 1. The maximum atomic E-state index is 13.1. The van der Waals surface area contributed by atoms with E-state index >= 15 is 0 Å². The number of furan rings is 1. The van der Waals surface area contributed by atoms with E-state index < -0.39 is 0 Å². The minimum atomic E-state index is 0.265. The number of para-hydroxylation sites is 1. The molecule has 1 spiro atoms. The summed E-state index contributed by atoms with van der Waals surface area (Å²) in [4.78, 5) is 20.1. The molecule has 30 heavy (non-hydrogen) atoms. The summed E-state index contributed by atoms with van der Waals surface area (Å²) in [5, 5.41) is 0. The topological polar surface area (TPSA) is 39.9 Å². The molecular weight excluding hydrogens is 374 g/mol. The van der Waals surface area contributed by atoms with Gasteiger partial charge in [0.15, 0.2) is 0 Å². The van der Waals surface area contributed by atoms with Crippen LogP contribution in [0.4, 0.5) is 5.69 Å². The van der Waals surface area contributed by atoms with E-state index in [-0.39, 0.29) is 11.3 Å². The fourth-order valence-corrected chi connectivity index (χ4v) is 5.18. The number of anilines is 1. The summed E-state index contributed by atoms with van der Waals surface area (Å²) in [6.07, 6.45) is 9.34. The molecule has 1 aromatic carbocycles. The van der Waals surface area contributed by atoms with Crippen LogP contribution in [0.5, 0.6) is 0 Å². The second-order valence-corrected chi connectivity index (χ2v) is 8.99. The molecule has 0 radical (unpaired) electrons. The summed E-state index contributed by atoms with van der Waals surface area (Å²) in [6.45, 7) is 6.71. The fraction of sp³-hybridized carbons (Fsp3) is 0.480. The van der Waals surface area contributed by atoms with Crippen molar-refractivity contribution in [2.45, 2.75) is 19.3 Å². The van der Waals surface area contributed by atoms with Crippen LogP contribution in [0.15, 0.2) is 59.2 Å². The van der Waals surface area contributed by atoms with Gasteiger partial charge in [0.2, 0.25) is 5.91 Å². The molecule has 1 aromatic heterocycles. The van der Waals surface area contributed by atoms with Crippen molar-refractivity contribution in [2.75, 3.05) is 50.7 Å². The highest BCUT2D eigenvalue weighted by Gasteiger charge is 2.59. The lowest BCUT2D eigenvalue weighted by atomic mass is 9.90. The minimum Gasteiger partial charge on any atom is -0.465 e. The smallest absolute Gasteiger partial charge is 0.226 e. The number of likely N-dealkylation sites (tertiary alicyclic amines) is 1. The average molecular weight is 406 g/mol. The zero-order chi connectivity index (χ0) is 20.4.